The molecule has 0 bridgehead atoms. The Morgan fingerprint density at radius 2 is 2.14 bits per heavy atom. The van der Waals surface area contributed by atoms with E-state index in [0.29, 0.717) is 24.5 Å². The van der Waals surface area contributed by atoms with Crippen LogP contribution in [-0.4, -0.2) is 12.5 Å². The van der Waals surface area contributed by atoms with Crippen molar-refractivity contribution in [3.05, 3.63) is 52.4 Å². The van der Waals surface area contributed by atoms with Crippen molar-refractivity contribution in [2.75, 3.05) is 11.9 Å². The van der Waals surface area contributed by atoms with Crippen molar-refractivity contribution in [3.63, 3.8) is 0 Å². The molecule has 0 aliphatic carbocycles. The predicted octanol–water partition coefficient (Wildman–Crippen LogP) is 3.67. The number of hydrogen-bond acceptors (Lipinski definition) is 3. The van der Waals surface area contributed by atoms with Crippen LogP contribution in [0.15, 0.2) is 34.9 Å². The summed E-state index contributed by atoms with van der Waals surface area (Å²) in [5.74, 6) is 0.716. The Morgan fingerprint density at radius 1 is 1.33 bits per heavy atom. The van der Waals surface area contributed by atoms with Crippen LogP contribution >= 0.6 is 11.6 Å². The maximum Gasteiger partial charge on any atom is 0.222 e. The van der Waals surface area contributed by atoms with Gasteiger partial charge in [0.2, 0.25) is 5.91 Å². The first-order chi connectivity index (χ1) is 10.1. The molecule has 0 atom stereocenters. The van der Waals surface area contributed by atoms with Crippen LogP contribution in [0.2, 0.25) is 5.02 Å². The molecule has 0 unspecified atom stereocenters. The molecule has 0 spiro atoms. The highest BCUT2D eigenvalue weighted by Crippen LogP contribution is 2.27. The molecule has 112 valence electrons. The highest BCUT2D eigenvalue weighted by atomic mass is 35.5. The summed E-state index contributed by atoms with van der Waals surface area (Å²) in [6.45, 7) is 4.95. The molecule has 0 saturated carbocycles. The van der Waals surface area contributed by atoms with Gasteiger partial charge in [-0.25, -0.2) is 0 Å². The lowest BCUT2D eigenvalue weighted by Crippen LogP contribution is -2.24. The normalized spacial score (nSPS) is 10.4. The number of carbonyl (C=O) groups excluding carboxylic acids is 1. The van der Waals surface area contributed by atoms with Crippen LogP contribution in [-0.2, 0) is 11.3 Å². The SMILES string of the molecule is Cc1cc(C)c(NCCC(=O)NCc2ccco2)c(Cl)c1. The van der Waals surface area contributed by atoms with Crippen LogP contribution < -0.4 is 10.6 Å². The first-order valence-corrected chi connectivity index (χ1v) is 7.24. The van der Waals surface area contributed by atoms with Gasteiger partial charge in [0.15, 0.2) is 0 Å². The third-order valence-electron chi connectivity index (χ3n) is 3.13. The van der Waals surface area contributed by atoms with Crippen LogP contribution in [0.4, 0.5) is 5.69 Å². The molecule has 1 aromatic heterocycles. The Bertz CT molecular complexity index is 586. The second-order valence-electron chi connectivity index (χ2n) is 4.97. The minimum absolute atomic E-state index is 0.0280. The van der Waals surface area contributed by atoms with Crippen LogP contribution in [0.25, 0.3) is 0 Å². The van der Waals surface area contributed by atoms with Gasteiger partial charge in [0.05, 0.1) is 23.5 Å². The Morgan fingerprint density at radius 3 is 2.81 bits per heavy atom. The van der Waals surface area contributed by atoms with Gasteiger partial charge < -0.3 is 15.1 Å². The maximum atomic E-state index is 11.7. The van der Waals surface area contributed by atoms with Gasteiger partial charge in [-0.2, -0.15) is 0 Å². The Hall–Kier alpha value is -1.94. The second-order valence-corrected chi connectivity index (χ2v) is 5.38. The molecule has 2 rings (SSSR count). The van der Waals surface area contributed by atoms with E-state index in [0.717, 1.165) is 22.6 Å². The average molecular weight is 307 g/mol. The number of hydrogen-bond donors (Lipinski definition) is 2. The second kappa shape index (κ2) is 7.18. The maximum absolute atomic E-state index is 11.7. The molecule has 1 heterocycles. The molecule has 2 aromatic rings. The molecule has 0 aliphatic rings. The number of benzene rings is 1. The summed E-state index contributed by atoms with van der Waals surface area (Å²) in [4.78, 5) is 11.7. The van der Waals surface area contributed by atoms with Gasteiger partial charge in [0.1, 0.15) is 5.76 Å². The molecular formula is C16H19ClN2O2. The van der Waals surface area contributed by atoms with E-state index in [9.17, 15) is 4.79 Å². The van der Waals surface area contributed by atoms with Gasteiger partial charge in [0, 0.05) is 13.0 Å². The number of nitrogens with one attached hydrogen (secondary N) is 2. The van der Waals surface area contributed by atoms with Gasteiger partial charge in [-0.1, -0.05) is 17.7 Å². The molecule has 4 nitrogen and oxygen atoms in total. The third-order valence-corrected chi connectivity index (χ3v) is 3.42. The van der Waals surface area contributed by atoms with E-state index in [1.807, 2.05) is 26.0 Å². The molecule has 21 heavy (non-hydrogen) atoms. The van der Waals surface area contributed by atoms with Crippen LogP contribution in [0.5, 0.6) is 0 Å². The van der Waals surface area contributed by atoms with E-state index in [1.54, 1.807) is 12.3 Å². The molecule has 1 amide bonds. The Balaban J connectivity index is 1.77. The number of carbonyl (C=O) groups is 1. The first kappa shape index (κ1) is 15.4. The number of rotatable bonds is 6. The van der Waals surface area contributed by atoms with Crippen molar-refractivity contribution < 1.29 is 9.21 Å². The molecule has 0 saturated heterocycles. The van der Waals surface area contributed by atoms with Crippen molar-refractivity contribution in [3.8, 4) is 0 Å². The van der Waals surface area contributed by atoms with E-state index in [1.165, 1.54) is 0 Å². The van der Waals surface area contributed by atoms with Crippen molar-refractivity contribution in [1.29, 1.82) is 0 Å². The monoisotopic (exact) mass is 306 g/mol. The molecule has 5 heteroatoms. The summed E-state index contributed by atoms with van der Waals surface area (Å²) >= 11 is 6.20. The van der Waals surface area contributed by atoms with Crippen molar-refractivity contribution in [1.82, 2.24) is 5.32 Å². The molecule has 2 N–H and O–H groups in total. The Labute approximate surface area is 129 Å². The smallest absolute Gasteiger partial charge is 0.222 e. The Kier molecular flexibility index (Phi) is 5.28. The molecule has 1 aromatic carbocycles. The summed E-state index contributed by atoms with van der Waals surface area (Å²) in [7, 11) is 0. The van der Waals surface area contributed by atoms with E-state index < -0.39 is 0 Å². The number of anilines is 1. The number of amides is 1. The van der Waals surface area contributed by atoms with Crippen LogP contribution in [0, 0.1) is 13.8 Å². The summed E-state index contributed by atoms with van der Waals surface area (Å²) < 4.78 is 5.15. The van der Waals surface area contributed by atoms with Crippen molar-refractivity contribution in [2.45, 2.75) is 26.8 Å². The lowest BCUT2D eigenvalue weighted by atomic mass is 10.1. The lowest BCUT2D eigenvalue weighted by molar-refractivity contribution is -0.121. The largest absolute Gasteiger partial charge is 0.467 e. The van der Waals surface area contributed by atoms with Gasteiger partial charge in [-0.05, 0) is 43.2 Å². The third kappa shape index (κ3) is 4.53. The van der Waals surface area contributed by atoms with Gasteiger partial charge in [-0.3, -0.25) is 4.79 Å². The minimum Gasteiger partial charge on any atom is -0.467 e. The van der Waals surface area contributed by atoms with Gasteiger partial charge in [0.25, 0.3) is 0 Å². The van der Waals surface area contributed by atoms with Gasteiger partial charge in [-0.15, -0.1) is 0 Å². The van der Waals surface area contributed by atoms with Crippen molar-refractivity contribution in [2.24, 2.45) is 0 Å². The van der Waals surface area contributed by atoms with E-state index in [-0.39, 0.29) is 5.91 Å². The minimum atomic E-state index is -0.0280. The quantitative estimate of drug-likeness (QED) is 0.856. The lowest BCUT2D eigenvalue weighted by Gasteiger charge is -2.12. The van der Waals surface area contributed by atoms with Crippen molar-refractivity contribution >= 4 is 23.2 Å². The number of furan rings is 1. The first-order valence-electron chi connectivity index (χ1n) is 6.86. The molecular weight excluding hydrogens is 288 g/mol. The van der Waals surface area contributed by atoms with E-state index >= 15 is 0 Å². The standard InChI is InChI=1S/C16H19ClN2O2/c1-11-8-12(2)16(14(17)9-11)18-6-5-15(20)19-10-13-4-3-7-21-13/h3-4,7-9,18H,5-6,10H2,1-2H3,(H,19,20). The van der Waals surface area contributed by atoms with Crippen LogP contribution in [0.1, 0.15) is 23.3 Å². The highest BCUT2D eigenvalue weighted by Gasteiger charge is 2.07. The zero-order valence-electron chi connectivity index (χ0n) is 12.2. The highest BCUT2D eigenvalue weighted by molar-refractivity contribution is 6.33. The summed E-state index contributed by atoms with van der Waals surface area (Å²) in [6.07, 6.45) is 1.97. The fourth-order valence-corrected chi connectivity index (χ4v) is 2.52. The zero-order valence-corrected chi connectivity index (χ0v) is 13.0. The average Bonchev–Trinajstić information content (AvgIpc) is 2.92. The van der Waals surface area contributed by atoms with E-state index in [4.69, 9.17) is 16.0 Å². The van der Waals surface area contributed by atoms with Crippen LogP contribution in [0.3, 0.4) is 0 Å². The molecule has 0 aliphatic heterocycles. The topological polar surface area (TPSA) is 54.3 Å². The molecule has 0 radical (unpaired) electrons. The molecule has 0 fully saturated rings. The summed E-state index contributed by atoms with van der Waals surface area (Å²) in [5.41, 5.74) is 3.09. The fraction of sp³-hybridized carbons (Fsp3) is 0.312. The van der Waals surface area contributed by atoms with Gasteiger partial charge >= 0.3 is 0 Å². The number of halogens is 1. The summed E-state index contributed by atoms with van der Waals surface area (Å²) in [5, 5.41) is 6.70. The number of aryl methyl sites for hydroxylation is 2. The van der Waals surface area contributed by atoms with E-state index in [2.05, 4.69) is 16.7 Å². The summed E-state index contributed by atoms with van der Waals surface area (Å²) in [6, 6.07) is 7.60. The zero-order chi connectivity index (χ0) is 15.2. The predicted molar refractivity (Wildman–Crippen MR) is 84.6 cm³/mol. The fourth-order valence-electron chi connectivity index (χ4n) is 2.13.